The molecule has 4 nitrogen and oxygen atoms in total. The van der Waals surface area contributed by atoms with Gasteiger partial charge in [0.15, 0.2) is 0 Å². The van der Waals surface area contributed by atoms with Crippen LogP contribution in [0.2, 0.25) is 0 Å². The molecule has 0 saturated heterocycles. The molecule has 0 bridgehead atoms. The Morgan fingerprint density at radius 2 is 1.94 bits per heavy atom. The van der Waals surface area contributed by atoms with E-state index in [2.05, 4.69) is 17.4 Å². The maximum absolute atomic E-state index is 11.8. The molecule has 1 aromatic heterocycles. The predicted octanol–water partition coefficient (Wildman–Crippen LogP) is 1.13. The van der Waals surface area contributed by atoms with E-state index in [0.717, 1.165) is 17.6 Å². The normalized spacial score (nSPS) is 15.6. The van der Waals surface area contributed by atoms with Crippen molar-refractivity contribution in [2.75, 3.05) is 0 Å². The van der Waals surface area contributed by atoms with Gasteiger partial charge in [-0.3, -0.25) is 9.13 Å². The van der Waals surface area contributed by atoms with Crippen LogP contribution < -0.4 is 11.0 Å². The maximum atomic E-state index is 11.8. The summed E-state index contributed by atoms with van der Waals surface area (Å²) >= 11 is 0. The van der Waals surface area contributed by atoms with E-state index in [-0.39, 0.29) is 5.69 Å². The van der Waals surface area contributed by atoms with Crippen LogP contribution in [0.3, 0.4) is 0 Å². The van der Waals surface area contributed by atoms with Gasteiger partial charge in [0.1, 0.15) is 0 Å². The lowest BCUT2D eigenvalue weighted by molar-refractivity contribution is 0.688. The SMILES string of the molecule is Cn1c(=O)n(C)c2cc(CNC3CC3)ccc21. The molecule has 1 saturated carbocycles. The molecule has 4 heteroatoms. The Labute approximate surface area is 99.9 Å². The Hall–Kier alpha value is -1.55. The summed E-state index contributed by atoms with van der Waals surface area (Å²) in [6.45, 7) is 0.893. The number of nitrogens with zero attached hydrogens (tertiary/aromatic N) is 2. The van der Waals surface area contributed by atoms with Crippen LogP contribution in [0, 0.1) is 0 Å². The molecule has 0 radical (unpaired) electrons. The lowest BCUT2D eigenvalue weighted by Gasteiger charge is -2.04. The van der Waals surface area contributed by atoms with Gasteiger partial charge in [0, 0.05) is 26.7 Å². The second kappa shape index (κ2) is 3.74. The van der Waals surface area contributed by atoms with Crippen molar-refractivity contribution in [3.8, 4) is 0 Å². The van der Waals surface area contributed by atoms with Crippen LogP contribution in [0.4, 0.5) is 0 Å². The molecule has 90 valence electrons. The molecule has 3 rings (SSSR count). The third-order valence-corrected chi connectivity index (χ3v) is 3.51. The summed E-state index contributed by atoms with van der Waals surface area (Å²) in [6.07, 6.45) is 2.60. The Balaban J connectivity index is 1.99. The summed E-state index contributed by atoms with van der Waals surface area (Å²) in [7, 11) is 3.63. The molecule has 17 heavy (non-hydrogen) atoms. The minimum Gasteiger partial charge on any atom is -0.310 e. The number of aryl methyl sites for hydroxylation is 2. The zero-order valence-corrected chi connectivity index (χ0v) is 10.2. The molecule has 0 unspecified atom stereocenters. The molecule has 1 heterocycles. The van der Waals surface area contributed by atoms with E-state index in [0.29, 0.717) is 6.04 Å². The van der Waals surface area contributed by atoms with Crippen LogP contribution in [-0.2, 0) is 20.6 Å². The van der Waals surface area contributed by atoms with Crippen molar-refractivity contribution < 1.29 is 0 Å². The van der Waals surface area contributed by atoms with Crippen LogP contribution in [0.5, 0.6) is 0 Å². The quantitative estimate of drug-likeness (QED) is 0.860. The van der Waals surface area contributed by atoms with Crippen LogP contribution in [0.1, 0.15) is 18.4 Å². The summed E-state index contributed by atoms with van der Waals surface area (Å²) < 4.78 is 3.39. The van der Waals surface area contributed by atoms with E-state index in [1.807, 2.05) is 20.2 Å². The van der Waals surface area contributed by atoms with Crippen molar-refractivity contribution >= 4 is 11.0 Å². The molecule has 0 aliphatic heterocycles. The summed E-state index contributed by atoms with van der Waals surface area (Å²) in [4.78, 5) is 11.8. The topological polar surface area (TPSA) is 39.0 Å². The number of fused-ring (bicyclic) bond motifs is 1. The Kier molecular flexibility index (Phi) is 2.33. The second-order valence-corrected chi connectivity index (χ2v) is 4.88. The number of nitrogens with one attached hydrogen (secondary N) is 1. The van der Waals surface area contributed by atoms with Crippen molar-refractivity contribution in [2.45, 2.75) is 25.4 Å². The standard InChI is InChI=1S/C13H17N3O/c1-15-11-6-3-9(8-14-10-4-5-10)7-12(11)16(2)13(15)17/h3,6-7,10,14H,4-5,8H2,1-2H3. The lowest BCUT2D eigenvalue weighted by Crippen LogP contribution is -2.19. The smallest absolute Gasteiger partial charge is 0.310 e. The zero-order chi connectivity index (χ0) is 12.0. The number of hydrogen-bond acceptors (Lipinski definition) is 2. The zero-order valence-electron chi connectivity index (χ0n) is 10.2. The summed E-state index contributed by atoms with van der Waals surface area (Å²) in [5.74, 6) is 0. The van der Waals surface area contributed by atoms with Crippen LogP contribution >= 0.6 is 0 Å². The molecule has 1 fully saturated rings. The van der Waals surface area contributed by atoms with Crippen molar-refractivity contribution in [1.82, 2.24) is 14.5 Å². The predicted molar refractivity (Wildman–Crippen MR) is 68.0 cm³/mol. The summed E-state index contributed by atoms with van der Waals surface area (Å²) in [5, 5.41) is 3.48. The van der Waals surface area contributed by atoms with E-state index >= 15 is 0 Å². The molecule has 1 aromatic carbocycles. The van der Waals surface area contributed by atoms with Gasteiger partial charge in [0.2, 0.25) is 0 Å². The number of aromatic nitrogens is 2. The highest BCUT2D eigenvalue weighted by atomic mass is 16.1. The number of hydrogen-bond donors (Lipinski definition) is 1. The molecular formula is C13H17N3O. The molecule has 1 aliphatic rings. The van der Waals surface area contributed by atoms with E-state index in [9.17, 15) is 4.79 Å². The highest BCUT2D eigenvalue weighted by molar-refractivity contribution is 5.76. The van der Waals surface area contributed by atoms with Crippen LogP contribution in [-0.4, -0.2) is 15.2 Å². The monoisotopic (exact) mass is 231 g/mol. The van der Waals surface area contributed by atoms with Gasteiger partial charge in [-0.25, -0.2) is 4.79 Å². The van der Waals surface area contributed by atoms with Crippen molar-refractivity contribution in [3.05, 3.63) is 34.2 Å². The fourth-order valence-corrected chi connectivity index (χ4v) is 2.21. The average molecular weight is 231 g/mol. The summed E-state index contributed by atoms with van der Waals surface area (Å²) in [6, 6.07) is 6.94. The van der Waals surface area contributed by atoms with E-state index in [1.54, 1.807) is 9.13 Å². The van der Waals surface area contributed by atoms with E-state index in [4.69, 9.17) is 0 Å². The molecule has 1 aliphatic carbocycles. The van der Waals surface area contributed by atoms with Crippen LogP contribution in [0.15, 0.2) is 23.0 Å². The van der Waals surface area contributed by atoms with Gasteiger partial charge >= 0.3 is 5.69 Å². The number of rotatable bonds is 3. The fraction of sp³-hybridized carbons (Fsp3) is 0.462. The van der Waals surface area contributed by atoms with Crippen molar-refractivity contribution in [3.63, 3.8) is 0 Å². The van der Waals surface area contributed by atoms with Crippen molar-refractivity contribution in [2.24, 2.45) is 14.1 Å². The van der Waals surface area contributed by atoms with Gasteiger partial charge in [-0.15, -0.1) is 0 Å². The first-order valence-corrected chi connectivity index (χ1v) is 6.04. The lowest BCUT2D eigenvalue weighted by atomic mass is 10.2. The third-order valence-electron chi connectivity index (χ3n) is 3.51. The van der Waals surface area contributed by atoms with E-state index in [1.165, 1.54) is 18.4 Å². The minimum atomic E-state index is 0.0345. The van der Waals surface area contributed by atoms with Gasteiger partial charge in [-0.1, -0.05) is 6.07 Å². The molecule has 2 aromatic rings. The molecular weight excluding hydrogens is 214 g/mol. The summed E-state index contributed by atoms with van der Waals surface area (Å²) in [5.41, 5.74) is 3.28. The number of benzene rings is 1. The first-order valence-electron chi connectivity index (χ1n) is 6.04. The highest BCUT2D eigenvalue weighted by Crippen LogP contribution is 2.20. The Morgan fingerprint density at radius 1 is 1.24 bits per heavy atom. The first-order chi connectivity index (χ1) is 8.16. The second-order valence-electron chi connectivity index (χ2n) is 4.88. The molecule has 0 spiro atoms. The van der Waals surface area contributed by atoms with Crippen LogP contribution in [0.25, 0.3) is 11.0 Å². The molecule has 0 amide bonds. The molecule has 0 atom stereocenters. The number of imidazole rings is 1. The van der Waals surface area contributed by atoms with Crippen molar-refractivity contribution in [1.29, 1.82) is 0 Å². The Morgan fingerprint density at radius 3 is 2.65 bits per heavy atom. The van der Waals surface area contributed by atoms with Gasteiger partial charge in [0.25, 0.3) is 0 Å². The van der Waals surface area contributed by atoms with Gasteiger partial charge < -0.3 is 5.32 Å². The Bertz CT molecular complexity index is 619. The fourth-order valence-electron chi connectivity index (χ4n) is 2.21. The maximum Gasteiger partial charge on any atom is 0.328 e. The van der Waals surface area contributed by atoms with Gasteiger partial charge in [-0.2, -0.15) is 0 Å². The van der Waals surface area contributed by atoms with Gasteiger partial charge in [0.05, 0.1) is 11.0 Å². The minimum absolute atomic E-state index is 0.0345. The largest absolute Gasteiger partial charge is 0.328 e. The van der Waals surface area contributed by atoms with Gasteiger partial charge in [-0.05, 0) is 30.5 Å². The first kappa shape index (κ1) is 10.6. The molecule has 1 N–H and O–H groups in total. The average Bonchev–Trinajstić information content (AvgIpc) is 3.14. The third kappa shape index (κ3) is 1.78. The van der Waals surface area contributed by atoms with E-state index < -0.39 is 0 Å². The highest BCUT2D eigenvalue weighted by Gasteiger charge is 2.20.